The van der Waals surface area contributed by atoms with Gasteiger partial charge in [-0.1, -0.05) is 38.5 Å². The maximum absolute atomic E-state index is 5.96. The molecule has 0 radical (unpaired) electrons. The molecule has 2 heteroatoms. The predicted octanol–water partition coefficient (Wildman–Crippen LogP) is 2.57. The summed E-state index contributed by atoms with van der Waals surface area (Å²) in [7, 11) is 0. The highest BCUT2D eigenvalue weighted by Gasteiger charge is 2.34. The molecule has 0 atom stereocenters. The molecule has 2 saturated carbocycles. The van der Waals surface area contributed by atoms with Gasteiger partial charge in [-0.05, 0) is 25.7 Å². The summed E-state index contributed by atoms with van der Waals surface area (Å²) >= 11 is 0. The molecule has 15 heavy (non-hydrogen) atoms. The largest absolute Gasteiger partial charge is 0.329 e. The fourth-order valence-corrected chi connectivity index (χ4v) is 3.32. The van der Waals surface area contributed by atoms with Crippen LogP contribution in [-0.2, 0) is 0 Å². The minimum atomic E-state index is 0.314. The molecule has 2 nitrogen and oxygen atoms in total. The topological polar surface area (TPSA) is 38.0 Å². The number of nitrogens with two attached hydrogens (primary N) is 1. The second kappa shape index (κ2) is 5.31. The Hall–Kier alpha value is -0.0800. The van der Waals surface area contributed by atoms with Gasteiger partial charge in [0.25, 0.3) is 0 Å². The van der Waals surface area contributed by atoms with Crippen LogP contribution in [0.2, 0.25) is 0 Å². The summed E-state index contributed by atoms with van der Waals surface area (Å²) in [5.41, 5.74) is 6.28. The Bertz CT molecular complexity index is 177. The third-order valence-corrected chi connectivity index (χ3v) is 4.32. The normalized spacial score (nSPS) is 27.8. The maximum atomic E-state index is 5.96. The quantitative estimate of drug-likeness (QED) is 0.703. The number of hydrogen-bond acceptors (Lipinski definition) is 2. The van der Waals surface area contributed by atoms with Gasteiger partial charge in [-0.2, -0.15) is 0 Å². The fraction of sp³-hybridized carbons (Fsp3) is 1.00. The zero-order chi connectivity index (χ0) is 10.6. The molecule has 0 aliphatic heterocycles. The third kappa shape index (κ3) is 2.94. The van der Waals surface area contributed by atoms with Gasteiger partial charge >= 0.3 is 0 Å². The van der Waals surface area contributed by atoms with Gasteiger partial charge in [0.15, 0.2) is 0 Å². The van der Waals surface area contributed by atoms with E-state index >= 15 is 0 Å². The van der Waals surface area contributed by atoms with E-state index in [1.165, 1.54) is 64.2 Å². The molecule has 2 rings (SSSR count). The van der Waals surface area contributed by atoms with Gasteiger partial charge in [0.2, 0.25) is 0 Å². The summed E-state index contributed by atoms with van der Waals surface area (Å²) in [5, 5.41) is 3.90. The van der Waals surface area contributed by atoms with Crippen LogP contribution in [0.15, 0.2) is 0 Å². The van der Waals surface area contributed by atoms with E-state index in [0.717, 1.165) is 12.6 Å². The Kier molecular flexibility index (Phi) is 4.04. The molecule has 0 bridgehead atoms. The average molecular weight is 210 g/mol. The van der Waals surface area contributed by atoms with Crippen LogP contribution < -0.4 is 11.1 Å². The molecular formula is C13H26N2. The van der Waals surface area contributed by atoms with E-state index < -0.39 is 0 Å². The van der Waals surface area contributed by atoms with Crippen molar-refractivity contribution in [2.24, 2.45) is 5.73 Å². The highest BCUT2D eigenvalue weighted by molar-refractivity contribution is 4.95. The first-order chi connectivity index (χ1) is 7.35. The Morgan fingerprint density at radius 1 is 0.933 bits per heavy atom. The molecule has 0 unspecified atom stereocenters. The first-order valence-electron chi connectivity index (χ1n) is 6.82. The van der Waals surface area contributed by atoms with Crippen molar-refractivity contribution in [1.82, 2.24) is 5.32 Å². The van der Waals surface area contributed by atoms with E-state index in [4.69, 9.17) is 5.73 Å². The van der Waals surface area contributed by atoms with E-state index in [0.29, 0.717) is 5.54 Å². The molecular weight excluding hydrogens is 184 g/mol. The smallest absolute Gasteiger partial charge is 0.0306 e. The Balaban J connectivity index is 1.87. The van der Waals surface area contributed by atoms with Crippen molar-refractivity contribution in [3.05, 3.63) is 0 Å². The second-order valence-electron chi connectivity index (χ2n) is 5.52. The summed E-state index contributed by atoms with van der Waals surface area (Å²) < 4.78 is 0. The van der Waals surface area contributed by atoms with Crippen LogP contribution >= 0.6 is 0 Å². The number of hydrogen-bond donors (Lipinski definition) is 2. The molecule has 0 aromatic heterocycles. The molecule has 2 aliphatic carbocycles. The highest BCUT2D eigenvalue weighted by atomic mass is 15.0. The van der Waals surface area contributed by atoms with Gasteiger partial charge in [0.05, 0.1) is 0 Å². The molecule has 0 heterocycles. The minimum Gasteiger partial charge on any atom is -0.329 e. The lowest BCUT2D eigenvalue weighted by atomic mass is 9.94. The summed E-state index contributed by atoms with van der Waals surface area (Å²) in [5.74, 6) is 0. The van der Waals surface area contributed by atoms with Crippen molar-refractivity contribution in [2.75, 3.05) is 6.54 Å². The van der Waals surface area contributed by atoms with Crippen molar-refractivity contribution < 1.29 is 0 Å². The van der Waals surface area contributed by atoms with Crippen LogP contribution in [0.3, 0.4) is 0 Å². The molecule has 3 N–H and O–H groups in total. The Morgan fingerprint density at radius 3 is 2.07 bits per heavy atom. The number of nitrogens with one attached hydrogen (secondary N) is 1. The van der Waals surface area contributed by atoms with Gasteiger partial charge in [-0.15, -0.1) is 0 Å². The average Bonchev–Trinajstić information content (AvgIpc) is 2.57. The van der Waals surface area contributed by atoms with Crippen LogP contribution in [-0.4, -0.2) is 18.1 Å². The first kappa shape index (κ1) is 11.4. The minimum absolute atomic E-state index is 0.314. The van der Waals surface area contributed by atoms with Crippen molar-refractivity contribution in [3.63, 3.8) is 0 Å². The van der Waals surface area contributed by atoms with E-state index in [1.54, 1.807) is 0 Å². The number of rotatable bonds is 3. The summed E-state index contributed by atoms with van der Waals surface area (Å²) in [6.45, 7) is 0.837. The predicted molar refractivity (Wildman–Crippen MR) is 64.9 cm³/mol. The van der Waals surface area contributed by atoms with Crippen LogP contribution in [0.4, 0.5) is 0 Å². The van der Waals surface area contributed by atoms with E-state index in [-0.39, 0.29) is 0 Å². The first-order valence-corrected chi connectivity index (χ1v) is 6.82. The van der Waals surface area contributed by atoms with E-state index in [1.807, 2.05) is 0 Å². The van der Waals surface area contributed by atoms with Crippen LogP contribution in [0.5, 0.6) is 0 Å². The van der Waals surface area contributed by atoms with Crippen LogP contribution in [0.25, 0.3) is 0 Å². The lowest BCUT2D eigenvalue weighted by molar-refractivity contribution is 0.280. The molecule has 2 aliphatic rings. The van der Waals surface area contributed by atoms with E-state index in [2.05, 4.69) is 5.32 Å². The molecule has 0 saturated heterocycles. The molecule has 0 amide bonds. The maximum Gasteiger partial charge on any atom is 0.0306 e. The van der Waals surface area contributed by atoms with E-state index in [9.17, 15) is 0 Å². The summed E-state index contributed by atoms with van der Waals surface area (Å²) in [4.78, 5) is 0. The molecule has 0 aromatic carbocycles. The van der Waals surface area contributed by atoms with Gasteiger partial charge in [0, 0.05) is 18.1 Å². The zero-order valence-corrected chi connectivity index (χ0v) is 9.93. The molecule has 2 fully saturated rings. The van der Waals surface area contributed by atoms with Crippen LogP contribution in [0.1, 0.15) is 64.2 Å². The van der Waals surface area contributed by atoms with Crippen molar-refractivity contribution in [3.8, 4) is 0 Å². The van der Waals surface area contributed by atoms with Crippen molar-refractivity contribution >= 4 is 0 Å². The van der Waals surface area contributed by atoms with Crippen LogP contribution in [0, 0.1) is 0 Å². The summed E-state index contributed by atoms with van der Waals surface area (Å²) in [6, 6.07) is 0.758. The Morgan fingerprint density at radius 2 is 1.53 bits per heavy atom. The van der Waals surface area contributed by atoms with Gasteiger partial charge in [0.1, 0.15) is 0 Å². The third-order valence-electron chi connectivity index (χ3n) is 4.32. The molecule has 88 valence electrons. The fourth-order valence-electron chi connectivity index (χ4n) is 3.32. The van der Waals surface area contributed by atoms with Crippen molar-refractivity contribution in [1.29, 1.82) is 0 Å². The van der Waals surface area contributed by atoms with Gasteiger partial charge < -0.3 is 11.1 Å². The molecule has 0 aromatic rings. The molecule has 0 spiro atoms. The standard InChI is InChI=1S/C13H26N2/c14-11-13(9-5-6-10-13)15-12-7-3-1-2-4-8-12/h12,15H,1-11,14H2. The SMILES string of the molecule is NCC1(NC2CCCCCC2)CCCC1. The monoisotopic (exact) mass is 210 g/mol. The Labute approximate surface area is 94.0 Å². The lowest BCUT2D eigenvalue weighted by Crippen LogP contribution is -2.53. The second-order valence-corrected chi connectivity index (χ2v) is 5.52. The van der Waals surface area contributed by atoms with Crippen molar-refractivity contribution in [2.45, 2.75) is 75.8 Å². The van der Waals surface area contributed by atoms with Gasteiger partial charge in [-0.3, -0.25) is 0 Å². The van der Waals surface area contributed by atoms with Gasteiger partial charge in [-0.25, -0.2) is 0 Å². The zero-order valence-electron chi connectivity index (χ0n) is 9.93. The summed E-state index contributed by atoms with van der Waals surface area (Å²) in [6.07, 6.45) is 13.8. The lowest BCUT2D eigenvalue weighted by Gasteiger charge is -2.33. The highest BCUT2D eigenvalue weighted by Crippen LogP contribution is 2.30.